The number of alkyl halides is 3. The molecule has 2 aliphatic heterocycles. The van der Waals surface area contributed by atoms with E-state index in [0.717, 1.165) is 18.3 Å². The molecule has 244 valence electrons. The summed E-state index contributed by atoms with van der Waals surface area (Å²) in [6.07, 6.45) is -5.03. The fourth-order valence-corrected chi connectivity index (χ4v) is 6.51. The van der Waals surface area contributed by atoms with E-state index in [-0.39, 0.29) is 29.1 Å². The first kappa shape index (κ1) is 34.5. The van der Waals surface area contributed by atoms with E-state index >= 15 is 4.39 Å². The van der Waals surface area contributed by atoms with Crippen LogP contribution < -0.4 is 5.73 Å². The van der Waals surface area contributed by atoms with Crippen molar-refractivity contribution in [2.24, 2.45) is 0 Å². The van der Waals surface area contributed by atoms with Gasteiger partial charge in [0.15, 0.2) is 32.7 Å². The number of esters is 1. The predicted molar refractivity (Wildman–Crippen MR) is 159 cm³/mol. The molecule has 4 rings (SSSR count). The molecule has 2 aromatic rings. The maximum Gasteiger partial charge on any atom is 0.419 e. The first-order valence-corrected chi connectivity index (χ1v) is 17.4. The van der Waals surface area contributed by atoms with Crippen molar-refractivity contribution in [2.45, 2.75) is 82.5 Å². The number of ether oxygens (including phenoxy) is 1. The highest BCUT2D eigenvalue weighted by atomic mass is 35.5. The number of Topliss-reactive ketones (excluding diaryl/α,β-unsaturated/α-hetero) is 1. The van der Waals surface area contributed by atoms with Gasteiger partial charge in [0, 0.05) is 29.6 Å². The molecule has 0 spiro atoms. The van der Waals surface area contributed by atoms with Crippen LogP contribution in [0.15, 0.2) is 30.5 Å². The van der Waals surface area contributed by atoms with E-state index in [1.165, 1.54) is 17.0 Å². The Morgan fingerprint density at radius 3 is 2.42 bits per heavy atom. The van der Waals surface area contributed by atoms with Gasteiger partial charge >= 0.3 is 12.1 Å². The van der Waals surface area contributed by atoms with Crippen molar-refractivity contribution in [1.29, 1.82) is 0 Å². The summed E-state index contributed by atoms with van der Waals surface area (Å²) in [5, 5.41) is -0.804. The van der Waals surface area contributed by atoms with Crippen molar-refractivity contribution in [3.8, 4) is 0 Å². The van der Waals surface area contributed by atoms with E-state index in [0.29, 0.717) is 12.0 Å². The lowest BCUT2D eigenvalue weighted by Gasteiger charge is -2.39. The third-order valence-corrected chi connectivity index (χ3v) is 13.3. The number of rotatable bonds is 8. The second-order valence-electron chi connectivity index (χ2n) is 12.6. The number of benzene rings is 1. The lowest BCUT2D eigenvalue weighted by molar-refractivity contribution is -0.203. The highest BCUT2D eigenvalue weighted by molar-refractivity contribution is 6.74. The lowest BCUT2D eigenvalue weighted by Crippen LogP contribution is -2.47. The molecule has 1 fully saturated rings. The Morgan fingerprint density at radius 1 is 1.13 bits per heavy atom. The Kier molecular flexibility index (Phi) is 9.54. The zero-order chi connectivity index (χ0) is 33.6. The van der Waals surface area contributed by atoms with Gasteiger partial charge in [-0.2, -0.15) is 13.2 Å². The summed E-state index contributed by atoms with van der Waals surface area (Å²) in [6.45, 7) is 7.31. The third kappa shape index (κ3) is 6.92. The molecule has 3 atom stereocenters. The summed E-state index contributed by atoms with van der Waals surface area (Å²) in [7, 11) is -3.07. The van der Waals surface area contributed by atoms with Crippen molar-refractivity contribution in [1.82, 2.24) is 9.88 Å². The Balaban J connectivity index is 1.49. The minimum Gasteiger partial charge on any atom is -0.456 e. The average molecular weight is 674 g/mol. The van der Waals surface area contributed by atoms with Gasteiger partial charge in [-0.3, -0.25) is 14.6 Å². The predicted octanol–water partition coefficient (Wildman–Crippen LogP) is 6.79. The lowest BCUT2D eigenvalue weighted by atomic mass is 9.92. The van der Waals surface area contributed by atoms with Gasteiger partial charge in [-0.1, -0.05) is 32.4 Å². The van der Waals surface area contributed by atoms with Crippen LogP contribution in [0.1, 0.15) is 67.8 Å². The quantitative estimate of drug-likeness (QED) is 0.108. The second-order valence-corrected chi connectivity index (χ2v) is 17.7. The minimum absolute atomic E-state index is 0.00773. The third-order valence-electron chi connectivity index (χ3n) is 8.56. The molecular formula is C30H33ClF5N3O5Si. The number of pyridine rings is 1. The zero-order valence-electron chi connectivity index (χ0n) is 25.2. The number of ketones is 1. The van der Waals surface area contributed by atoms with Crippen LogP contribution in [0.3, 0.4) is 0 Å². The van der Waals surface area contributed by atoms with Crippen LogP contribution in [-0.4, -0.2) is 60.7 Å². The van der Waals surface area contributed by atoms with Crippen LogP contribution in [-0.2, 0) is 18.8 Å². The average Bonchev–Trinajstić information content (AvgIpc) is 3.36. The first-order chi connectivity index (χ1) is 20.7. The second kappa shape index (κ2) is 12.4. The molecule has 15 heteroatoms. The summed E-state index contributed by atoms with van der Waals surface area (Å²) >= 11 is 5.89. The molecule has 1 saturated heterocycles. The van der Waals surface area contributed by atoms with Crippen molar-refractivity contribution in [3.63, 3.8) is 0 Å². The van der Waals surface area contributed by atoms with Crippen LogP contribution >= 0.6 is 11.6 Å². The van der Waals surface area contributed by atoms with E-state index in [1.807, 2.05) is 0 Å². The molecule has 0 bridgehead atoms. The molecular weight excluding hydrogens is 641 g/mol. The van der Waals surface area contributed by atoms with Crippen molar-refractivity contribution >= 4 is 48.8 Å². The van der Waals surface area contributed by atoms with E-state index in [1.54, 1.807) is 33.9 Å². The number of aromatic nitrogens is 1. The number of halogens is 6. The maximum absolute atomic E-state index is 15.4. The fraction of sp³-hybridized carbons (Fsp3) is 0.467. The smallest absolute Gasteiger partial charge is 0.419 e. The number of amides is 1. The van der Waals surface area contributed by atoms with E-state index in [2.05, 4.69) is 4.98 Å². The molecule has 1 aromatic heterocycles. The summed E-state index contributed by atoms with van der Waals surface area (Å²) < 4.78 is 83.0. The Labute approximate surface area is 262 Å². The Morgan fingerprint density at radius 2 is 1.80 bits per heavy atom. The monoisotopic (exact) mass is 673 g/mol. The summed E-state index contributed by atoms with van der Waals surface area (Å²) in [5.74, 6) is -4.95. The number of nitrogens with zero attached hydrogens (tertiary/aromatic N) is 2. The number of carbonyl (C=O) groups is 3. The number of nitrogens with two attached hydrogens (primary N) is 1. The van der Waals surface area contributed by atoms with E-state index in [9.17, 15) is 31.9 Å². The van der Waals surface area contributed by atoms with E-state index < -0.39 is 84.9 Å². The summed E-state index contributed by atoms with van der Waals surface area (Å²) in [6, 6.07) is 2.03. The molecule has 3 heterocycles. The van der Waals surface area contributed by atoms with Gasteiger partial charge in [0.05, 0.1) is 10.6 Å². The zero-order valence-corrected chi connectivity index (χ0v) is 27.0. The largest absolute Gasteiger partial charge is 0.456 e. The van der Waals surface area contributed by atoms with Crippen molar-refractivity contribution in [2.75, 3.05) is 12.3 Å². The maximum atomic E-state index is 15.4. The fourth-order valence-electron chi connectivity index (χ4n) is 5.17. The van der Waals surface area contributed by atoms with Crippen LogP contribution in [0.4, 0.5) is 27.6 Å². The molecule has 2 aliphatic rings. The molecule has 2 N–H and O–H groups in total. The van der Waals surface area contributed by atoms with Gasteiger partial charge < -0.3 is 19.8 Å². The number of hydrogen-bond acceptors (Lipinski definition) is 7. The molecule has 0 aliphatic carbocycles. The standard InChI is InChI=1S/C30H33ClF5N3O5Si/c1-29(2,3)45(4,5)44-27(30(34,35)36)26-24(32)17(10-11-38-26)21(40)14-43-28(42)20-9-6-16-12-15(13-22(41)39(16)20)23-19(37)8-7-18(31)25(23)33/h7-8,10-11,13,16,20,27H,6,9,12,14,37H2,1-5H3/t16?,20-,27?/m0/s1. The number of fused-ring (bicyclic) bond motifs is 1. The van der Waals surface area contributed by atoms with Crippen molar-refractivity contribution < 1.29 is 45.5 Å². The van der Waals surface area contributed by atoms with Crippen LogP contribution in [0.2, 0.25) is 23.2 Å². The van der Waals surface area contributed by atoms with Gasteiger partial charge in [-0.25, -0.2) is 13.6 Å². The molecule has 0 radical (unpaired) electrons. The van der Waals surface area contributed by atoms with Gasteiger partial charge in [-0.15, -0.1) is 0 Å². The number of anilines is 1. The summed E-state index contributed by atoms with van der Waals surface area (Å²) in [4.78, 5) is 43.7. The molecule has 1 amide bonds. The van der Waals surface area contributed by atoms with Gasteiger partial charge in [0.2, 0.25) is 11.7 Å². The molecule has 1 aromatic carbocycles. The number of hydrogen-bond donors (Lipinski definition) is 1. The van der Waals surface area contributed by atoms with Gasteiger partial charge in [0.25, 0.3) is 0 Å². The summed E-state index contributed by atoms with van der Waals surface area (Å²) in [5.41, 5.74) is 4.50. The Bertz CT molecular complexity index is 1560. The van der Waals surface area contributed by atoms with Crippen LogP contribution in [0.5, 0.6) is 0 Å². The normalized spacial score (nSPS) is 19.7. The number of carbonyl (C=O) groups excluding carboxylic acids is 3. The highest BCUT2D eigenvalue weighted by Crippen LogP contribution is 2.45. The molecule has 2 unspecified atom stereocenters. The molecule has 0 saturated carbocycles. The van der Waals surface area contributed by atoms with Crippen LogP contribution in [0.25, 0.3) is 5.57 Å². The highest BCUT2D eigenvalue weighted by Gasteiger charge is 2.51. The SMILES string of the molecule is CC(C)(C)[Si](C)(C)OC(c1nccc(C(=O)COC(=O)[C@@H]2CCC3CC(c4c(N)ccc(Cl)c4F)=CC(=O)N32)c1F)C(F)(F)F. The minimum atomic E-state index is -5.03. The first-order valence-electron chi connectivity index (χ1n) is 14.1. The molecule has 45 heavy (non-hydrogen) atoms. The van der Waals surface area contributed by atoms with E-state index in [4.69, 9.17) is 26.5 Å². The molecule has 8 nitrogen and oxygen atoms in total. The van der Waals surface area contributed by atoms with Crippen molar-refractivity contribution in [3.05, 3.63) is 63.9 Å². The van der Waals surface area contributed by atoms with Crippen LogP contribution in [0, 0.1) is 11.6 Å². The number of nitrogen functional groups attached to an aromatic ring is 1. The van der Waals surface area contributed by atoms with Gasteiger partial charge in [-0.05, 0) is 61.2 Å². The topological polar surface area (TPSA) is 112 Å². The van der Waals surface area contributed by atoms with Gasteiger partial charge in [0.1, 0.15) is 11.7 Å². The Hall–Kier alpha value is -3.36.